The van der Waals surface area contributed by atoms with Gasteiger partial charge in [0.1, 0.15) is 5.76 Å². The van der Waals surface area contributed by atoms with Crippen LogP contribution in [0.3, 0.4) is 0 Å². The lowest BCUT2D eigenvalue weighted by molar-refractivity contribution is -0.139. The first kappa shape index (κ1) is 9.16. The van der Waals surface area contributed by atoms with Gasteiger partial charge in [0.2, 0.25) is 0 Å². The van der Waals surface area contributed by atoms with Gasteiger partial charge in [0.15, 0.2) is 0 Å². The third-order valence-electron chi connectivity index (χ3n) is 3.43. The van der Waals surface area contributed by atoms with Gasteiger partial charge < -0.3 is 4.74 Å². The van der Waals surface area contributed by atoms with E-state index in [1.807, 2.05) is 0 Å². The number of carbonyl (C=O) groups is 1. The van der Waals surface area contributed by atoms with Crippen molar-refractivity contribution in [3.05, 3.63) is 21.3 Å². The molecule has 2 bridgehead atoms. The van der Waals surface area contributed by atoms with Crippen LogP contribution in [0.15, 0.2) is 21.3 Å². The number of cyclic esters (lactones) is 1. The van der Waals surface area contributed by atoms with Crippen LogP contribution in [0.5, 0.6) is 0 Å². The first-order chi connectivity index (χ1) is 6.68. The normalized spacial score (nSPS) is 43.0. The largest absolute Gasteiger partial charge is 0.429 e. The van der Waals surface area contributed by atoms with Gasteiger partial charge in [0, 0.05) is 5.92 Å². The molecule has 0 radical (unpaired) electrons. The Hall–Kier alpha value is -0.0900. The van der Waals surface area contributed by atoms with E-state index in [0.717, 1.165) is 15.6 Å². The Morgan fingerprint density at radius 2 is 1.93 bits per heavy atom. The summed E-state index contributed by atoms with van der Waals surface area (Å²) in [7, 11) is 0. The Morgan fingerprint density at radius 3 is 2.57 bits per heavy atom. The molecule has 4 heteroatoms. The van der Waals surface area contributed by atoms with Gasteiger partial charge in [-0.15, -0.1) is 0 Å². The van der Waals surface area contributed by atoms with Gasteiger partial charge in [-0.1, -0.05) is 12.2 Å². The average Bonchev–Trinajstić information content (AvgIpc) is 2.75. The van der Waals surface area contributed by atoms with E-state index in [1.165, 1.54) is 0 Å². The van der Waals surface area contributed by atoms with E-state index in [0.29, 0.717) is 11.8 Å². The SMILES string of the molecule is O=C1OC(=C(Br)Br)C2C3C=CC(C3)C12. The number of hydrogen-bond acceptors (Lipinski definition) is 2. The zero-order valence-corrected chi connectivity index (χ0v) is 10.4. The Kier molecular flexibility index (Phi) is 1.93. The fourth-order valence-electron chi connectivity index (χ4n) is 2.91. The lowest BCUT2D eigenvalue weighted by Crippen LogP contribution is -2.19. The molecule has 1 aliphatic heterocycles. The smallest absolute Gasteiger partial charge is 0.315 e. The maximum Gasteiger partial charge on any atom is 0.315 e. The first-order valence-electron chi connectivity index (χ1n) is 4.63. The van der Waals surface area contributed by atoms with E-state index in [-0.39, 0.29) is 17.8 Å². The number of halogens is 2. The minimum Gasteiger partial charge on any atom is -0.429 e. The highest BCUT2D eigenvalue weighted by molar-refractivity contribution is 9.28. The number of esters is 1. The van der Waals surface area contributed by atoms with Crippen LogP contribution < -0.4 is 0 Å². The maximum absolute atomic E-state index is 11.6. The van der Waals surface area contributed by atoms with Crippen molar-refractivity contribution >= 4 is 37.8 Å². The van der Waals surface area contributed by atoms with Crippen molar-refractivity contribution in [3.63, 3.8) is 0 Å². The minimum absolute atomic E-state index is 0.0572. The highest BCUT2D eigenvalue weighted by Crippen LogP contribution is 2.56. The van der Waals surface area contributed by atoms with Crippen molar-refractivity contribution in [2.45, 2.75) is 6.42 Å². The van der Waals surface area contributed by atoms with Crippen LogP contribution in [0.4, 0.5) is 0 Å². The van der Waals surface area contributed by atoms with Gasteiger partial charge in [0.05, 0.1) is 9.31 Å². The zero-order chi connectivity index (χ0) is 9.87. The molecule has 0 amide bonds. The fraction of sp³-hybridized carbons (Fsp3) is 0.500. The highest BCUT2D eigenvalue weighted by Gasteiger charge is 2.56. The molecule has 1 saturated heterocycles. The van der Waals surface area contributed by atoms with E-state index in [9.17, 15) is 4.79 Å². The molecule has 2 fully saturated rings. The van der Waals surface area contributed by atoms with Crippen LogP contribution in [-0.2, 0) is 9.53 Å². The number of rotatable bonds is 0. The van der Waals surface area contributed by atoms with E-state index < -0.39 is 0 Å². The molecule has 0 aromatic rings. The summed E-state index contributed by atoms with van der Waals surface area (Å²) in [5, 5.41) is 0. The van der Waals surface area contributed by atoms with Crippen molar-refractivity contribution in [1.82, 2.24) is 0 Å². The molecule has 0 aromatic carbocycles. The van der Waals surface area contributed by atoms with Gasteiger partial charge >= 0.3 is 5.97 Å². The summed E-state index contributed by atoms with van der Waals surface area (Å²) < 4.78 is 6.06. The number of ether oxygens (including phenoxy) is 1. The summed E-state index contributed by atoms with van der Waals surface area (Å²) in [5.41, 5.74) is 0. The molecule has 0 N–H and O–H groups in total. The Bertz CT molecular complexity index is 368. The summed E-state index contributed by atoms with van der Waals surface area (Å²) in [4.78, 5) is 11.6. The predicted octanol–water partition coefficient (Wildman–Crippen LogP) is 2.94. The van der Waals surface area contributed by atoms with Crippen LogP contribution in [0, 0.1) is 23.7 Å². The quantitative estimate of drug-likeness (QED) is 0.507. The van der Waals surface area contributed by atoms with Gasteiger partial charge in [-0.05, 0) is 50.1 Å². The van der Waals surface area contributed by atoms with Crippen LogP contribution in [0.25, 0.3) is 0 Å². The summed E-state index contributed by atoms with van der Waals surface area (Å²) >= 11 is 6.66. The van der Waals surface area contributed by atoms with Crippen LogP contribution in [-0.4, -0.2) is 5.97 Å². The van der Waals surface area contributed by atoms with E-state index in [4.69, 9.17) is 4.74 Å². The summed E-state index contributed by atoms with van der Waals surface area (Å²) in [5.74, 6) is 1.98. The number of allylic oxidation sites excluding steroid dienone is 3. The molecular weight excluding hydrogens is 312 g/mol. The lowest BCUT2D eigenvalue weighted by Gasteiger charge is -2.15. The number of carbonyl (C=O) groups excluding carboxylic acids is 1. The van der Waals surface area contributed by atoms with Crippen LogP contribution >= 0.6 is 31.9 Å². The van der Waals surface area contributed by atoms with E-state index in [2.05, 4.69) is 44.0 Å². The second-order valence-corrected chi connectivity index (χ2v) is 6.70. The molecule has 0 aromatic heterocycles. The van der Waals surface area contributed by atoms with Gasteiger partial charge in [-0.25, -0.2) is 0 Å². The number of hydrogen-bond donors (Lipinski definition) is 0. The monoisotopic (exact) mass is 318 g/mol. The van der Waals surface area contributed by atoms with Gasteiger partial charge in [-0.2, -0.15) is 0 Å². The average molecular weight is 320 g/mol. The topological polar surface area (TPSA) is 26.3 Å². The van der Waals surface area contributed by atoms with Gasteiger partial charge in [-0.3, -0.25) is 4.79 Å². The lowest BCUT2D eigenvalue weighted by atomic mass is 9.84. The zero-order valence-electron chi connectivity index (χ0n) is 7.24. The van der Waals surface area contributed by atoms with Crippen molar-refractivity contribution in [2.24, 2.45) is 23.7 Å². The second kappa shape index (κ2) is 2.95. The van der Waals surface area contributed by atoms with Crippen molar-refractivity contribution < 1.29 is 9.53 Å². The highest BCUT2D eigenvalue weighted by atomic mass is 79.9. The molecule has 74 valence electrons. The molecule has 0 spiro atoms. The maximum atomic E-state index is 11.6. The molecular formula is C10H8Br2O2. The minimum atomic E-state index is -0.0572. The van der Waals surface area contributed by atoms with Crippen molar-refractivity contribution in [3.8, 4) is 0 Å². The van der Waals surface area contributed by atoms with E-state index >= 15 is 0 Å². The third kappa shape index (κ3) is 1.04. The summed E-state index contributed by atoms with van der Waals surface area (Å²) in [6, 6.07) is 0. The molecule has 1 heterocycles. The van der Waals surface area contributed by atoms with E-state index in [1.54, 1.807) is 0 Å². The molecule has 4 unspecified atom stereocenters. The molecule has 4 atom stereocenters. The fourth-order valence-corrected chi connectivity index (χ4v) is 3.60. The summed E-state index contributed by atoms with van der Waals surface area (Å²) in [6.45, 7) is 0. The Morgan fingerprint density at radius 1 is 1.29 bits per heavy atom. The molecule has 2 aliphatic carbocycles. The Balaban J connectivity index is 2.08. The van der Waals surface area contributed by atoms with Crippen LogP contribution in [0.1, 0.15) is 6.42 Å². The predicted molar refractivity (Wildman–Crippen MR) is 58.7 cm³/mol. The molecule has 3 aliphatic rings. The molecule has 14 heavy (non-hydrogen) atoms. The third-order valence-corrected chi connectivity index (χ3v) is 4.21. The molecule has 1 saturated carbocycles. The number of fused-ring (bicyclic) bond motifs is 5. The molecule has 3 rings (SSSR count). The molecule has 2 nitrogen and oxygen atoms in total. The second-order valence-electron chi connectivity index (χ2n) is 4.05. The summed E-state index contributed by atoms with van der Waals surface area (Å²) in [6.07, 6.45) is 5.50. The van der Waals surface area contributed by atoms with Gasteiger partial charge in [0.25, 0.3) is 0 Å². The van der Waals surface area contributed by atoms with Crippen LogP contribution in [0.2, 0.25) is 0 Å². The Labute approximate surface area is 98.6 Å². The standard InChI is InChI=1S/C10H8Br2O2/c11-9(12)8-6-4-1-2-5(3-4)7(6)10(13)14-8/h1-2,4-7H,3H2. The van der Waals surface area contributed by atoms with Crippen molar-refractivity contribution in [1.29, 1.82) is 0 Å². The first-order valence-corrected chi connectivity index (χ1v) is 6.22. The van der Waals surface area contributed by atoms with Crippen molar-refractivity contribution in [2.75, 3.05) is 0 Å².